The number of pyridine rings is 1. The second-order valence-corrected chi connectivity index (χ2v) is 11.0. The minimum absolute atomic E-state index is 0.0425. The van der Waals surface area contributed by atoms with E-state index >= 15 is 0 Å². The Labute approximate surface area is 223 Å². The van der Waals surface area contributed by atoms with E-state index in [1.54, 1.807) is 4.90 Å². The SMILES string of the molecule is Cc1cccn2c(C)c(C(O)=C3C(=O)C(=O)N(CCc4ccccc4)C3c3ccc(C(C)(C)C)cc3)nc12. The van der Waals surface area contributed by atoms with Gasteiger partial charge in [-0.2, -0.15) is 0 Å². The number of aliphatic hydroxyl groups excluding tert-OH is 1. The first-order chi connectivity index (χ1) is 18.1. The van der Waals surface area contributed by atoms with Gasteiger partial charge < -0.3 is 14.4 Å². The van der Waals surface area contributed by atoms with E-state index in [-0.39, 0.29) is 16.7 Å². The third-order valence-electron chi connectivity index (χ3n) is 7.42. The minimum Gasteiger partial charge on any atom is -0.505 e. The number of Topliss-reactive ketones (excluding diaryl/α,β-unsaturated/α-hetero) is 1. The van der Waals surface area contributed by atoms with Crippen LogP contribution in [0.4, 0.5) is 0 Å². The molecule has 2 aromatic carbocycles. The maximum Gasteiger partial charge on any atom is 0.295 e. The van der Waals surface area contributed by atoms with E-state index in [1.165, 1.54) is 0 Å². The standard InChI is InChI=1S/C32H33N3O3/c1-20-10-9-18-34-21(2)26(33-30(20)34)28(36)25-27(23-13-15-24(16-14-23)32(3,4)5)35(31(38)29(25)37)19-17-22-11-7-6-8-12-22/h6-16,18,27,36H,17,19H2,1-5H3. The summed E-state index contributed by atoms with van der Waals surface area (Å²) in [6.07, 6.45) is 2.47. The number of ketones is 1. The number of nitrogens with zero attached hydrogens (tertiary/aromatic N) is 3. The monoisotopic (exact) mass is 507 g/mol. The molecule has 0 aliphatic carbocycles. The number of fused-ring (bicyclic) bond motifs is 1. The van der Waals surface area contributed by atoms with Crippen LogP contribution in [-0.4, -0.2) is 37.6 Å². The predicted molar refractivity (Wildman–Crippen MR) is 149 cm³/mol. The zero-order chi connectivity index (χ0) is 27.2. The van der Waals surface area contributed by atoms with Gasteiger partial charge in [0, 0.05) is 12.7 Å². The summed E-state index contributed by atoms with van der Waals surface area (Å²) in [6.45, 7) is 10.6. The molecule has 5 rings (SSSR count). The molecule has 0 spiro atoms. The summed E-state index contributed by atoms with van der Waals surface area (Å²) >= 11 is 0. The molecule has 6 nitrogen and oxygen atoms in total. The largest absolute Gasteiger partial charge is 0.505 e. The summed E-state index contributed by atoms with van der Waals surface area (Å²) in [6, 6.07) is 21.0. The van der Waals surface area contributed by atoms with E-state index in [4.69, 9.17) is 0 Å². The lowest BCUT2D eigenvalue weighted by molar-refractivity contribution is -0.139. The molecule has 194 valence electrons. The van der Waals surface area contributed by atoms with Crippen molar-refractivity contribution in [2.75, 3.05) is 6.54 Å². The molecule has 1 saturated heterocycles. The van der Waals surface area contributed by atoms with Gasteiger partial charge in [0.15, 0.2) is 5.76 Å². The van der Waals surface area contributed by atoms with Crippen LogP contribution < -0.4 is 0 Å². The molecule has 1 unspecified atom stereocenters. The van der Waals surface area contributed by atoms with Gasteiger partial charge in [-0.3, -0.25) is 9.59 Å². The molecule has 1 aliphatic heterocycles. The van der Waals surface area contributed by atoms with Crippen LogP contribution in [0.15, 0.2) is 78.5 Å². The van der Waals surface area contributed by atoms with Crippen molar-refractivity contribution in [3.63, 3.8) is 0 Å². The summed E-state index contributed by atoms with van der Waals surface area (Å²) in [5, 5.41) is 11.6. The molecule has 0 radical (unpaired) electrons. The molecule has 0 bridgehead atoms. The fourth-order valence-electron chi connectivity index (χ4n) is 5.19. The predicted octanol–water partition coefficient (Wildman–Crippen LogP) is 5.91. The van der Waals surface area contributed by atoms with Crippen LogP contribution >= 0.6 is 0 Å². The van der Waals surface area contributed by atoms with Crippen LogP contribution in [0.5, 0.6) is 0 Å². The Balaban J connectivity index is 1.64. The molecular formula is C32H33N3O3. The van der Waals surface area contributed by atoms with E-state index in [2.05, 4.69) is 25.8 Å². The number of carbonyl (C=O) groups excluding carboxylic acids is 2. The van der Waals surface area contributed by atoms with Crippen molar-refractivity contribution < 1.29 is 14.7 Å². The van der Waals surface area contributed by atoms with E-state index in [0.29, 0.717) is 30.0 Å². The Hall–Kier alpha value is -4.19. The van der Waals surface area contributed by atoms with Crippen molar-refractivity contribution in [3.8, 4) is 0 Å². The molecule has 3 heterocycles. The molecule has 1 fully saturated rings. The third kappa shape index (κ3) is 4.40. The van der Waals surface area contributed by atoms with Gasteiger partial charge in [-0.1, -0.05) is 81.4 Å². The highest BCUT2D eigenvalue weighted by molar-refractivity contribution is 6.46. The van der Waals surface area contributed by atoms with E-state index < -0.39 is 17.7 Å². The third-order valence-corrected chi connectivity index (χ3v) is 7.42. The molecule has 6 heteroatoms. The smallest absolute Gasteiger partial charge is 0.295 e. The van der Waals surface area contributed by atoms with Crippen LogP contribution in [0.1, 0.15) is 60.5 Å². The van der Waals surface area contributed by atoms with Gasteiger partial charge >= 0.3 is 0 Å². The number of hydrogen-bond donors (Lipinski definition) is 1. The summed E-state index contributed by atoms with van der Waals surface area (Å²) in [7, 11) is 0. The number of imidazole rings is 1. The number of aliphatic hydroxyl groups is 1. The number of aryl methyl sites for hydroxylation is 2. The first-order valence-corrected chi connectivity index (χ1v) is 13.0. The Morgan fingerprint density at radius 3 is 2.26 bits per heavy atom. The van der Waals surface area contributed by atoms with Gasteiger partial charge in [-0.25, -0.2) is 4.98 Å². The van der Waals surface area contributed by atoms with Gasteiger partial charge in [0.05, 0.1) is 17.3 Å². The molecule has 0 saturated carbocycles. The first-order valence-electron chi connectivity index (χ1n) is 13.0. The first kappa shape index (κ1) is 25.5. The lowest BCUT2D eigenvalue weighted by Gasteiger charge is -2.26. The average Bonchev–Trinajstić information content (AvgIpc) is 3.37. The van der Waals surface area contributed by atoms with Gasteiger partial charge in [0.25, 0.3) is 11.7 Å². The highest BCUT2D eigenvalue weighted by atomic mass is 16.3. The number of rotatable bonds is 5. The van der Waals surface area contributed by atoms with E-state index in [0.717, 1.165) is 22.3 Å². The number of hydrogen-bond acceptors (Lipinski definition) is 4. The molecular weight excluding hydrogens is 474 g/mol. The van der Waals surface area contributed by atoms with Gasteiger partial charge in [-0.05, 0) is 54.0 Å². The normalized spacial score (nSPS) is 17.5. The number of amides is 1. The molecule has 4 aromatic rings. The van der Waals surface area contributed by atoms with Crippen LogP contribution in [0, 0.1) is 13.8 Å². The van der Waals surface area contributed by atoms with Crippen molar-refractivity contribution in [3.05, 3.63) is 112 Å². The number of likely N-dealkylation sites (tertiary alicyclic amines) is 1. The maximum absolute atomic E-state index is 13.5. The van der Waals surface area contributed by atoms with Crippen LogP contribution in [0.25, 0.3) is 11.4 Å². The Morgan fingerprint density at radius 1 is 0.947 bits per heavy atom. The quantitative estimate of drug-likeness (QED) is 0.207. The molecule has 1 N–H and O–H groups in total. The second kappa shape index (κ2) is 9.60. The Bertz CT molecular complexity index is 1560. The van der Waals surface area contributed by atoms with E-state index in [9.17, 15) is 14.7 Å². The van der Waals surface area contributed by atoms with Gasteiger partial charge in [0.2, 0.25) is 0 Å². The fraction of sp³-hybridized carbons (Fsp3) is 0.281. The van der Waals surface area contributed by atoms with Crippen molar-refractivity contribution >= 4 is 23.1 Å². The minimum atomic E-state index is -0.710. The molecule has 1 amide bonds. The number of benzene rings is 2. The molecule has 1 atom stereocenters. The lowest BCUT2D eigenvalue weighted by atomic mass is 9.85. The molecule has 2 aromatic heterocycles. The lowest BCUT2D eigenvalue weighted by Crippen LogP contribution is -2.31. The Morgan fingerprint density at radius 2 is 1.63 bits per heavy atom. The van der Waals surface area contributed by atoms with Crippen LogP contribution in [0.2, 0.25) is 0 Å². The maximum atomic E-state index is 13.5. The second-order valence-electron chi connectivity index (χ2n) is 11.0. The highest BCUT2D eigenvalue weighted by Gasteiger charge is 2.46. The average molecular weight is 508 g/mol. The van der Waals surface area contributed by atoms with Crippen molar-refractivity contribution in [2.24, 2.45) is 0 Å². The summed E-state index contributed by atoms with van der Waals surface area (Å²) in [4.78, 5) is 33.2. The molecule has 38 heavy (non-hydrogen) atoms. The summed E-state index contributed by atoms with van der Waals surface area (Å²) in [5.74, 6) is -1.53. The van der Waals surface area contributed by atoms with Crippen LogP contribution in [0.3, 0.4) is 0 Å². The zero-order valence-corrected chi connectivity index (χ0v) is 22.5. The Kier molecular flexibility index (Phi) is 6.43. The summed E-state index contributed by atoms with van der Waals surface area (Å²) in [5.41, 5.74) is 5.72. The molecule has 1 aliphatic rings. The zero-order valence-electron chi connectivity index (χ0n) is 22.5. The number of carbonyl (C=O) groups is 2. The van der Waals surface area contributed by atoms with Crippen molar-refractivity contribution in [1.82, 2.24) is 14.3 Å². The topological polar surface area (TPSA) is 74.9 Å². The number of aromatic nitrogens is 2. The van der Waals surface area contributed by atoms with E-state index in [1.807, 2.05) is 91.2 Å². The fourth-order valence-corrected chi connectivity index (χ4v) is 5.19. The van der Waals surface area contributed by atoms with Gasteiger partial charge in [-0.15, -0.1) is 0 Å². The highest BCUT2D eigenvalue weighted by Crippen LogP contribution is 2.40. The van der Waals surface area contributed by atoms with Gasteiger partial charge in [0.1, 0.15) is 11.3 Å². The van der Waals surface area contributed by atoms with Crippen molar-refractivity contribution in [1.29, 1.82) is 0 Å². The van der Waals surface area contributed by atoms with Crippen LogP contribution in [-0.2, 0) is 21.4 Å². The summed E-state index contributed by atoms with van der Waals surface area (Å²) < 4.78 is 1.89. The van der Waals surface area contributed by atoms with Crippen molar-refractivity contribution in [2.45, 2.75) is 52.5 Å².